The quantitative estimate of drug-likeness (QED) is 0.792. The van der Waals surface area contributed by atoms with Gasteiger partial charge in [0.2, 0.25) is 0 Å². The Morgan fingerprint density at radius 1 is 1.14 bits per heavy atom. The summed E-state index contributed by atoms with van der Waals surface area (Å²) in [4.78, 5) is 0. The Hall–Kier alpha value is -2.53. The lowest BCUT2D eigenvalue weighted by atomic mass is 10.0. The van der Waals surface area contributed by atoms with Crippen molar-refractivity contribution in [2.75, 3.05) is 0 Å². The SMILES string of the molecule is Cc1cccc(-c2onc(-c3ccc(F)cc3F)c2CO)c1. The summed E-state index contributed by atoms with van der Waals surface area (Å²) in [5.74, 6) is -1.04. The summed E-state index contributed by atoms with van der Waals surface area (Å²) in [7, 11) is 0. The molecule has 0 aliphatic rings. The summed E-state index contributed by atoms with van der Waals surface area (Å²) in [5, 5.41) is 13.5. The van der Waals surface area contributed by atoms with E-state index in [9.17, 15) is 13.9 Å². The van der Waals surface area contributed by atoms with Gasteiger partial charge in [0, 0.05) is 17.2 Å². The molecule has 1 aromatic heterocycles. The van der Waals surface area contributed by atoms with E-state index < -0.39 is 11.6 Å². The molecule has 0 bridgehead atoms. The van der Waals surface area contributed by atoms with Crippen LogP contribution in [0.3, 0.4) is 0 Å². The smallest absolute Gasteiger partial charge is 0.173 e. The standard InChI is InChI=1S/C17H13F2NO2/c1-10-3-2-4-11(7-10)17-14(9-21)16(20-22-17)13-6-5-12(18)8-15(13)19/h2-8,21H,9H2,1H3. The number of nitrogens with zero attached hydrogens (tertiary/aromatic N) is 1. The number of rotatable bonds is 3. The molecule has 3 rings (SSSR count). The topological polar surface area (TPSA) is 46.3 Å². The van der Waals surface area contributed by atoms with E-state index in [1.54, 1.807) is 0 Å². The molecule has 22 heavy (non-hydrogen) atoms. The molecule has 2 aromatic carbocycles. The molecular weight excluding hydrogens is 288 g/mol. The van der Waals surface area contributed by atoms with Crippen LogP contribution in [0.1, 0.15) is 11.1 Å². The molecule has 0 spiro atoms. The van der Waals surface area contributed by atoms with Crippen molar-refractivity contribution in [3.63, 3.8) is 0 Å². The van der Waals surface area contributed by atoms with Gasteiger partial charge >= 0.3 is 0 Å². The van der Waals surface area contributed by atoms with E-state index in [1.807, 2.05) is 31.2 Å². The van der Waals surface area contributed by atoms with Gasteiger partial charge in [-0.1, -0.05) is 28.9 Å². The Labute approximate surface area is 125 Å². The number of hydrogen-bond acceptors (Lipinski definition) is 3. The predicted molar refractivity (Wildman–Crippen MR) is 78.0 cm³/mol. The maximum Gasteiger partial charge on any atom is 0.173 e. The Balaban J connectivity index is 2.15. The van der Waals surface area contributed by atoms with E-state index in [0.717, 1.165) is 23.3 Å². The average molecular weight is 301 g/mol. The monoisotopic (exact) mass is 301 g/mol. The molecule has 0 radical (unpaired) electrons. The summed E-state index contributed by atoms with van der Waals surface area (Å²) in [5.41, 5.74) is 2.40. The Morgan fingerprint density at radius 3 is 2.64 bits per heavy atom. The van der Waals surface area contributed by atoms with Crippen molar-refractivity contribution in [1.82, 2.24) is 5.16 Å². The summed E-state index contributed by atoms with van der Waals surface area (Å²) in [6.45, 7) is 1.57. The minimum Gasteiger partial charge on any atom is -0.391 e. The normalized spacial score (nSPS) is 10.9. The lowest BCUT2D eigenvalue weighted by Gasteiger charge is -2.03. The maximum atomic E-state index is 13.9. The van der Waals surface area contributed by atoms with E-state index in [2.05, 4.69) is 5.16 Å². The lowest BCUT2D eigenvalue weighted by Crippen LogP contribution is -1.92. The van der Waals surface area contributed by atoms with E-state index >= 15 is 0 Å². The van der Waals surface area contributed by atoms with Crippen LogP contribution in [-0.2, 0) is 6.61 Å². The zero-order chi connectivity index (χ0) is 15.7. The molecule has 0 saturated heterocycles. The molecular formula is C17H13F2NO2. The molecule has 0 unspecified atom stereocenters. The number of aromatic nitrogens is 1. The number of aliphatic hydroxyl groups excluding tert-OH is 1. The summed E-state index contributed by atoms with van der Waals surface area (Å²) in [6.07, 6.45) is 0. The number of aliphatic hydroxyl groups is 1. The molecule has 1 N–H and O–H groups in total. The highest BCUT2D eigenvalue weighted by Crippen LogP contribution is 2.33. The summed E-state index contributed by atoms with van der Waals surface area (Å²) >= 11 is 0. The van der Waals surface area contributed by atoms with Gasteiger partial charge in [0.15, 0.2) is 5.76 Å². The van der Waals surface area contributed by atoms with Gasteiger partial charge in [0.1, 0.15) is 17.3 Å². The summed E-state index contributed by atoms with van der Waals surface area (Å²) < 4.78 is 32.2. The average Bonchev–Trinajstić information content (AvgIpc) is 2.91. The molecule has 0 aliphatic heterocycles. The van der Waals surface area contributed by atoms with Gasteiger partial charge in [0.25, 0.3) is 0 Å². The van der Waals surface area contributed by atoms with E-state index in [4.69, 9.17) is 4.52 Å². The van der Waals surface area contributed by atoms with Gasteiger partial charge < -0.3 is 9.63 Å². The van der Waals surface area contributed by atoms with Gasteiger partial charge in [-0.3, -0.25) is 0 Å². The predicted octanol–water partition coefficient (Wildman–Crippen LogP) is 4.09. The van der Waals surface area contributed by atoms with Crippen molar-refractivity contribution in [2.24, 2.45) is 0 Å². The lowest BCUT2D eigenvalue weighted by molar-refractivity contribution is 0.281. The molecule has 3 aromatic rings. The van der Waals surface area contributed by atoms with Crippen LogP contribution in [0.2, 0.25) is 0 Å². The van der Waals surface area contributed by atoms with E-state index in [1.165, 1.54) is 6.07 Å². The third-order valence-corrected chi connectivity index (χ3v) is 3.41. The second-order valence-electron chi connectivity index (χ2n) is 4.99. The minimum absolute atomic E-state index is 0.0908. The Morgan fingerprint density at radius 2 is 1.95 bits per heavy atom. The van der Waals surface area contributed by atoms with Gasteiger partial charge in [-0.2, -0.15) is 0 Å². The van der Waals surface area contributed by atoms with Crippen LogP contribution >= 0.6 is 0 Å². The van der Waals surface area contributed by atoms with Gasteiger partial charge in [0.05, 0.1) is 12.2 Å². The number of halogens is 2. The van der Waals surface area contributed by atoms with Crippen molar-refractivity contribution >= 4 is 0 Å². The number of hydrogen-bond donors (Lipinski definition) is 1. The third kappa shape index (κ3) is 2.51. The zero-order valence-corrected chi connectivity index (χ0v) is 11.8. The van der Waals surface area contributed by atoms with Crippen LogP contribution in [0.25, 0.3) is 22.6 Å². The van der Waals surface area contributed by atoms with Crippen molar-refractivity contribution in [3.05, 3.63) is 65.2 Å². The molecule has 5 heteroatoms. The number of benzene rings is 2. The van der Waals surface area contributed by atoms with Gasteiger partial charge in [-0.05, 0) is 25.1 Å². The Bertz CT molecular complexity index is 827. The van der Waals surface area contributed by atoms with Crippen molar-refractivity contribution in [1.29, 1.82) is 0 Å². The summed E-state index contributed by atoms with van der Waals surface area (Å²) in [6, 6.07) is 10.7. The first kappa shape index (κ1) is 14.4. The molecule has 112 valence electrons. The van der Waals surface area contributed by atoms with Gasteiger partial charge in [-0.15, -0.1) is 0 Å². The van der Waals surface area contributed by atoms with Crippen LogP contribution in [0.15, 0.2) is 47.0 Å². The van der Waals surface area contributed by atoms with Crippen LogP contribution < -0.4 is 0 Å². The highest BCUT2D eigenvalue weighted by atomic mass is 19.1. The second-order valence-corrected chi connectivity index (χ2v) is 4.99. The van der Waals surface area contributed by atoms with Crippen molar-refractivity contribution < 1.29 is 18.4 Å². The first-order valence-corrected chi connectivity index (χ1v) is 6.72. The largest absolute Gasteiger partial charge is 0.391 e. The molecule has 0 atom stereocenters. The fraction of sp³-hybridized carbons (Fsp3) is 0.118. The van der Waals surface area contributed by atoms with Crippen molar-refractivity contribution in [2.45, 2.75) is 13.5 Å². The van der Waals surface area contributed by atoms with Crippen LogP contribution in [0, 0.1) is 18.6 Å². The Kier molecular flexibility index (Phi) is 3.73. The first-order valence-electron chi connectivity index (χ1n) is 6.72. The van der Waals surface area contributed by atoms with Gasteiger partial charge in [-0.25, -0.2) is 8.78 Å². The zero-order valence-electron chi connectivity index (χ0n) is 11.8. The van der Waals surface area contributed by atoms with E-state index in [0.29, 0.717) is 11.3 Å². The minimum atomic E-state index is -0.751. The van der Waals surface area contributed by atoms with Crippen LogP contribution in [-0.4, -0.2) is 10.3 Å². The fourth-order valence-corrected chi connectivity index (χ4v) is 2.36. The molecule has 1 heterocycles. The van der Waals surface area contributed by atoms with Crippen LogP contribution in [0.5, 0.6) is 0 Å². The highest BCUT2D eigenvalue weighted by Gasteiger charge is 2.20. The molecule has 3 nitrogen and oxygen atoms in total. The molecule has 0 fully saturated rings. The fourth-order valence-electron chi connectivity index (χ4n) is 2.36. The molecule has 0 aliphatic carbocycles. The van der Waals surface area contributed by atoms with E-state index in [-0.39, 0.29) is 17.9 Å². The van der Waals surface area contributed by atoms with Crippen LogP contribution in [0.4, 0.5) is 8.78 Å². The maximum absolute atomic E-state index is 13.9. The third-order valence-electron chi connectivity index (χ3n) is 3.41. The highest BCUT2D eigenvalue weighted by molar-refractivity contribution is 5.73. The molecule has 0 saturated carbocycles. The second kappa shape index (κ2) is 5.69. The van der Waals surface area contributed by atoms with Crippen molar-refractivity contribution in [3.8, 4) is 22.6 Å². The molecule has 0 amide bonds. The number of aryl methyl sites for hydroxylation is 1. The first-order chi connectivity index (χ1) is 10.6.